The molecule has 2 saturated heterocycles. The van der Waals surface area contributed by atoms with Gasteiger partial charge in [0, 0.05) is 37.3 Å². The van der Waals surface area contributed by atoms with E-state index in [4.69, 9.17) is 0 Å². The smallest absolute Gasteiger partial charge is 0.254 e. The number of hydrogen-bond acceptors (Lipinski definition) is 3. The Bertz CT molecular complexity index is 735. The van der Waals surface area contributed by atoms with Gasteiger partial charge in [-0.25, -0.2) is 0 Å². The predicted molar refractivity (Wildman–Crippen MR) is 110 cm³/mol. The molecule has 1 atom stereocenters. The number of hydrogen-bond donors (Lipinski definition) is 1. The van der Waals surface area contributed by atoms with Crippen molar-refractivity contribution in [1.29, 1.82) is 0 Å². The second-order valence-electron chi connectivity index (χ2n) is 8.89. The number of rotatable bonds is 4. The fraction of sp³-hybridized carbons (Fsp3) is 0.652. The average molecular weight is 384 g/mol. The molecule has 1 N–H and O–H groups in total. The van der Waals surface area contributed by atoms with Crippen LogP contribution in [0.1, 0.15) is 60.0 Å². The second-order valence-corrected chi connectivity index (χ2v) is 8.89. The number of carbonyl (C=O) groups excluding carboxylic acids is 2. The van der Waals surface area contributed by atoms with Crippen molar-refractivity contribution in [2.75, 3.05) is 26.2 Å². The van der Waals surface area contributed by atoms with E-state index >= 15 is 0 Å². The Morgan fingerprint density at radius 1 is 1.00 bits per heavy atom. The number of carbonyl (C=O) groups is 2. The molecule has 1 aliphatic carbocycles. The third kappa shape index (κ3) is 4.24. The van der Waals surface area contributed by atoms with E-state index in [1.807, 2.05) is 24.0 Å². The van der Waals surface area contributed by atoms with Gasteiger partial charge in [-0.3, -0.25) is 14.5 Å². The zero-order chi connectivity index (χ0) is 19.7. The summed E-state index contributed by atoms with van der Waals surface area (Å²) in [6.45, 7) is 7.69. The second kappa shape index (κ2) is 8.24. The van der Waals surface area contributed by atoms with E-state index in [-0.39, 0.29) is 17.7 Å². The van der Waals surface area contributed by atoms with Crippen molar-refractivity contribution in [3.8, 4) is 0 Å². The van der Waals surface area contributed by atoms with Crippen molar-refractivity contribution in [1.82, 2.24) is 15.1 Å². The predicted octanol–water partition coefficient (Wildman–Crippen LogP) is 2.90. The Morgan fingerprint density at radius 3 is 2.46 bits per heavy atom. The summed E-state index contributed by atoms with van der Waals surface area (Å²) >= 11 is 0. The van der Waals surface area contributed by atoms with Crippen LogP contribution in [0.2, 0.25) is 0 Å². The van der Waals surface area contributed by atoms with Gasteiger partial charge >= 0.3 is 0 Å². The van der Waals surface area contributed by atoms with Gasteiger partial charge in [-0.2, -0.15) is 0 Å². The number of nitrogens with zero attached hydrogens (tertiary/aromatic N) is 2. The Labute approximate surface area is 168 Å². The minimum absolute atomic E-state index is 0.143. The van der Waals surface area contributed by atoms with Crippen LogP contribution in [0.5, 0.6) is 0 Å². The lowest BCUT2D eigenvalue weighted by Gasteiger charge is -2.42. The summed E-state index contributed by atoms with van der Waals surface area (Å²) in [7, 11) is 0. The van der Waals surface area contributed by atoms with E-state index in [1.165, 1.54) is 5.56 Å². The number of piperidine rings is 2. The molecule has 152 valence electrons. The van der Waals surface area contributed by atoms with Crippen molar-refractivity contribution < 1.29 is 9.59 Å². The molecular formula is C23H33N3O2. The highest BCUT2D eigenvalue weighted by molar-refractivity contribution is 5.96. The first kappa shape index (κ1) is 19.4. The van der Waals surface area contributed by atoms with Gasteiger partial charge in [0.25, 0.3) is 5.91 Å². The van der Waals surface area contributed by atoms with Gasteiger partial charge in [0.2, 0.25) is 5.91 Å². The fourth-order valence-electron chi connectivity index (χ4n) is 4.69. The largest absolute Gasteiger partial charge is 0.353 e. The molecule has 1 unspecified atom stereocenters. The molecule has 5 nitrogen and oxygen atoms in total. The third-order valence-corrected chi connectivity index (χ3v) is 6.85. The molecule has 5 heteroatoms. The number of likely N-dealkylation sites (tertiary alicyclic amines) is 2. The molecule has 28 heavy (non-hydrogen) atoms. The van der Waals surface area contributed by atoms with Crippen molar-refractivity contribution in [3.63, 3.8) is 0 Å². The summed E-state index contributed by atoms with van der Waals surface area (Å²) in [4.78, 5) is 29.9. The van der Waals surface area contributed by atoms with Crippen LogP contribution in [-0.4, -0.2) is 59.9 Å². The highest BCUT2D eigenvalue weighted by Crippen LogP contribution is 2.26. The van der Waals surface area contributed by atoms with Gasteiger partial charge in [-0.1, -0.05) is 12.1 Å². The molecule has 1 aromatic carbocycles. The van der Waals surface area contributed by atoms with Crippen LogP contribution in [0.15, 0.2) is 18.2 Å². The van der Waals surface area contributed by atoms with E-state index in [1.54, 1.807) is 0 Å². The van der Waals surface area contributed by atoms with E-state index in [0.717, 1.165) is 75.8 Å². The van der Waals surface area contributed by atoms with Crippen molar-refractivity contribution in [3.05, 3.63) is 34.9 Å². The van der Waals surface area contributed by atoms with E-state index < -0.39 is 0 Å². The van der Waals surface area contributed by atoms with Gasteiger partial charge in [-0.15, -0.1) is 0 Å². The molecule has 0 bridgehead atoms. The standard InChI is InChI=1S/C23H33N3O2/c1-16-5-3-7-21(17(16)2)23(28)25-13-10-20(11-14-25)26-12-4-6-18(15-26)22(27)24-19-8-9-19/h3,5,7,18-20H,4,6,8-15H2,1-2H3,(H,24,27). The molecule has 3 fully saturated rings. The molecule has 2 heterocycles. The van der Waals surface area contributed by atoms with Crippen LogP contribution in [0, 0.1) is 19.8 Å². The first-order chi connectivity index (χ1) is 13.5. The molecule has 2 aliphatic heterocycles. The fourth-order valence-corrected chi connectivity index (χ4v) is 4.69. The number of aryl methyl sites for hydroxylation is 1. The van der Waals surface area contributed by atoms with Gasteiger partial charge in [-0.05, 0) is 76.1 Å². The lowest BCUT2D eigenvalue weighted by molar-refractivity contribution is -0.127. The maximum Gasteiger partial charge on any atom is 0.254 e. The number of amides is 2. The molecular weight excluding hydrogens is 350 g/mol. The summed E-state index contributed by atoms with van der Waals surface area (Å²) in [5.41, 5.74) is 3.10. The maximum atomic E-state index is 13.0. The Balaban J connectivity index is 1.31. The Hall–Kier alpha value is -1.88. The molecule has 4 rings (SSSR count). The Morgan fingerprint density at radius 2 is 1.75 bits per heavy atom. The molecule has 0 aromatic heterocycles. The van der Waals surface area contributed by atoms with Gasteiger partial charge in [0.1, 0.15) is 0 Å². The van der Waals surface area contributed by atoms with E-state index in [2.05, 4.69) is 23.2 Å². The molecule has 2 amide bonds. The summed E-state index contributed by atoms with van der Waals surface area (Å²) in [5, 5.41) is 3.18. The molecule has 0 radical (unpaired) electrons. The SMILES string of the molecule is Cc1cccc(C(=O)N2CCC(N3CCCC(C(=O)NC4CC4)C3)CC2)c1C. The lowest BCUT2D eigenvalue weighted by atomic mass is 9.93. The normalized spacial score (nSPS) is 24.2. The Kier molecular flexibility index (Phi) is 5.72. The van der Waals surface area contributed by atoms with Crippen molar-refractivity contribution in [2.45, 2.75) is 64.5 Å². The van der Waals surface area contributed by atoms with Crippen LogP contribution >= 0.6 is 0 Å². The summed E-state index contributed by atoms with van der Waals surface area (Å²) in [6.07, 6.45) is 6.43. The first-order valence-electron chi connectivity index (χ1n) is 10.9. The minimum atomic E-state index is 0.143. The minimum Gasteiger partial charge on any atom is -0.353 e. The average Bonchev–Trinajstić information content (AvgIpc) is 3.54. The van der Waals surface area contributed by atoms with Crippen LogP contribution < -0.4 is 5.32 Å². The van der Waals surface area contributed by atoms with Crippen LogP contribution in [0.4, 0.5) is 0 Å². The number of nitrogens with one attached hydrogen (secondary N) is 1. The number of benzene rings is 1. The topological polar surface area (TPSA) is 52.7 Å². The lowest BCUT2D eigenvalue weighted by Crippen LogP contribution is -2.51. The van der Waals surface area contributed by atoms with E-state index in [9.17, 15) is 9.59 Å². The first-order valence-corrected chi connectivity index (χ1v) is 10.9. The summed E-state index contributed by atoms with van der Waals surface area (Å²) in [5.74, 6) is 0.568. The molecule has 1 aromatic rings. The van der Waals surface area contributed by atoms with Crippen LogP contribution in [0.25, 0.3) is 0 Å². The highest BCUT2D eigenvalue weighted by Gasteiger charge is 2.34. The third-order valence-electron chi connectivity index (χ3n) is 6.85. The van der Waals surface area contributed by atoms with Crippen LogP contribution in [-0.2, 0) is 4.79 Å². The van der Waals surface area contributed by atoms with Crippen LogP contribution in [0.3, 0.4) is 0 Å². The zero-order valence-electron chi connectivity index (χ0n) is 17.2. The van der Waals surface area contributed by atoms with Gasteiger partial charge in [0.05, 0.1) is 5.92 Å². The molecule has 1 saturated carbocycles. The van der Waals surface area contributed by atoms with E-state index in [0.29, 0.717) is 12.1 Å². The van der Waals surface area contributed by atoms with Gasteiger partial charge in [0.15, 0.2) is 0 Å². The summed E-state index contributed by atoms with van der Waals surface area (Å²) < 4.78 is 0. The zero-order valence-corrected chi connectivity index (χ0v) is 17.2. The quantitative estimate of drug-likeness (QED) is 0.870. The summed E-state index contributed by atoms with van der Waals surface area (Å²) in [6, 6.07) is 6.93. The van der Waals surface area contributed by atoms with Gasteiger partial charge < -0.3 is 10.2 Å². The monoisotopic (exact) mass is 383 g/mol. The van der Waals surface area contributed by atoms with Crippen molar-refractivity contribution >= 4 is 11.8 Å². The highest BCUT2D eigenvalue weighted by atomic mass is 16.2. The maximum absolute atomic E-state index is 13.0. The molecule has 3 aliphatic rings. The van der Waals surface area contributed by atoms with Crippen molar-refractivity contribution in [2.24, 2.45) is 5.92 Å². The molecule has 0 spiro atoms.